The van der Waals surface area contributed by atoms with E-state index in [0.29, 0.717) is 11.3 Å². The van der Waals surface area contributed by atoms with Crippen molar-refractivity contribution in [2.24, 2.45) is 5.92 Å². The second-order valence-electron chi connectivity index (χ2n) is 7.48. The first-order valence-corrected chi connectivity index (χ1v) is 9.71. The predicted octanol–water partition coefficient (Wildman–Crippen LogP) is 3.53. The highest BCUT2D eigenvalue weighted by Gasteiger charge is 2.44. The number of aromatic nitrogens is 2. The molecule has 0 bridgehead atoms. The Bertz CT molecular complexity index is 945. The summed E-state index contributed by atoms with van der Waals surface area (Å²) in [4.78, 5) is 21.8. The van der Waals surface area contributed by atoms with Gasteiger partial charge in [0.05, 0.1) is 11.9 Å². The standard InChI is InChI=1S/C20H24F3N7O/c1-12-5-16(3-4-25-12)28-17-9-26-18(6-15(17)7-24)29-19(31)27-8-14-10-30(11-14)13(2)20(21,22)23/h3-7,9,13-14,24H,8,10-11H2,1-2H3,(H,25,28)(H2,26,27,29,31). The van der Waals surface area contributed by atoms with Gasteiger partial charge in [-0.3, -0.25) is 15.2 Å². The molecule has 0 saturated carbocycles. The van der Waals surface area contributed by atoms with Gasteiger partial charge in [-0.15, -0.1) is 0 Å². The number of amides is 2. The first-order chi connectivity index (χ1) is 14.7. The summed E-state index contributed by atoms with van der Waals surface area (Å²) in [6, 6.07) is 3.21. The van der Waals surface area contributed by atoms with E-state index in [-0.39, 0.29) is 31.4 Å². The molecular formula is C20H24F3N7O. The molecule has 1 aliphatic heterocycles. The molecule has 1 unspecified atom stereocenters. The highest BCUT2D eigenvalue weighted by atomic mass is 19.4. The van der Waals surface area contributed by atoms with E-state index in [2.05, 4.69) is 25.9 Å². The minimum Gasteiger partial charge on any atom is -0.354 e. The largest absolute Gasteiger partial charge is 0.403 e. The van der Waals surface area contributed by atoms with E-state index in [1.165, 1.54) is 11.1 Å². The second-order valence-corrected chi connectivity index (χ2v) is 7.48. The Balaban J connectivity index is 1.50. The number of anilines is 3. The van der Waals surface area contributed by atoms with Crippen LogP contribution in [0.1, 0.15) is 18.2 Å². The van der Waals surface area contributed by atoms with Crippen LogP contribution in [0.25, 0.3) is 0 Å². The summed E-state index contributed by atoms with van der Waals surface area (Å²) >= 11 is 0. The Morgan fingerprint density at radius 3 is 2.74 bits per heavy atom. The fourth-order valence-corrected chi connectivity index (χ4v) is 3.20. The number of carbonyl (C=O) groups excluding carboxylic acids is 1. The number of pyridine rings is 2. The van der Waals surface area contributed by atoms with E-state index < -0.39 is 18.2 Å². The van der Waals surface area contributed by atoms with Crippen LogP contribution in [-0.2, 0) is 0 Å². The lowest BCUT2D eigenvalue weighted by molar-refractivity contribution is -0.193. The molecule has 31 heavy (non-hydrogen) atoms. The van der Waals surface area contributed by atoms with E-state index in [4.69, 9.17) is 5.41 Å². The van der Waals surface area contributed by atoms with Crippen molar-refractivity contribution in [1.82, 2.24) is 20.2 Å². The van der Waals surface area contributed by atoms with Gasteiger partial charge in [-0.2, -0.15) is 13.2 Å². The number of likely N-dealkylation sites (tertiary alicyclic amines) is 1. The zero-order valence-electron chi connectivity index (χ0n) is 17.1. The summed E-state index contributed by atoms with van der Waals surface area (Å²) in [7, 11) is 0. The first kappa shape index (κ1) is 22.5. The zero-order valence-corrected chi connectivity index (χ0v) is 17.1. The topological polar surface area (TPSA) is 106 Å². The fraction of sp³-hybridized carbons (Fsp3) is 0.400. The van der Waals surface area contributed by atoms with Gasteiger partial charge in [0.1, 0.15) is 11.9 Å². The number of alkyl halides is 3. The van der Waals surface area contributed by atoms with Crippen LogP contribution in [0.2, 0.25) is 0 Å². The zero-order chi connectivity index (χ0) is 22.6. The molecule has 3 heterocycles. The number of hydrogen-bond donors (Lipinski definition) is 4. The van der Waals surface area contributed by atoms with Crippen LogP contribution < -0.4 is 16.0 Å². The Hall–Kier alpha value is -3.21. The van der Waals surface area contributed by atoms with Crippen LogP contribution in [0.3, 0.4) is 0 Å². The van der Waals surface area contributed by atoms with Crippen LogP contribution in [0.5, 0.6) is 0 Å². The molecule has 0 radical (unpaired) electrons. The van der Waals surface area contributed by atoms with Gasteiger partial charge in [0.2, 0.25) is 0 Å². The highest BCUT2D eigenvalue weighted by Crippen LogP contribution is 2.29. The third-order valence-corrected chi connectivity index (χ3v) is 5.07. The minimum absolute atomic E-state index is 0.0314. The number of aryl methyl sites for hydroxylation is 1. The number of carbonyl (C=O) groups is 1. The maximum absolute atomic E-state index is 12.7. The van der Waals surface area contributed by atoms with Crippen LogP contribution in [-0.4, -0.2) is 59.0 Å². The molecular weight excluding hydrogens is 411 g/mol. The molecule has 0 aromatic carbocycles. The molecule has 2 amide bonds. The quantitative estimate of drug-likeness (QED) is 0.498. The molecule has 4 N–H and O–H groups in total. The van der Waals surface area contributed by atoms with Crippen molar-refractivity contribution in [3.05, 3.63) is 41.9 Å². The van der Waals surface area contributed by atoms with Gasteiger partial charge in [-0.05, 0) is 32.0 Å². The Labute approximate surface area is 177 Å². The minimum atomic E-state index is -4.24. The lowest BCUT2D eigenvalue weighted by Gasteiger charge is -2.43. The van der Waals surface area contributed by atoms with Crippen LogP contribution in [0, 0.1) is 18.3 Å². The number of rotatable bonds is 7. The number of hydrogen-bond acceptors (Lipinski definition) is 6. The molecule has 2 aromatic heterocycles. The molecule has 2 aromatic rings. The summed E-state index contributed by atoms with van der Waals surface area (Å²) in [5.41, 5.74) is 2.76. The molecule has 0 aliphatic carbocycles. The van der Waals surface area contributed by atoms with Crippen LogP contribution in [0.15, 0.2) is 30.6 Å². The maximum Gasteiger partial charge on any atom is 0.403 e. The third kappa shape index (κ3) is 5.91. The number of urea groups is 1. The number of nitrogens with one attached hydrogen (secondary N) is 4. The molecule has 1 saturated heterocycles. The van der Waals surface area contributed by atoms with Crippen LogP contribution in [0.4, 0.5) is 35.2 Å². The average molecular weight is 435 g/mol. The van der Waals surface area contributed by atoms with Gasteiger partial charge in [-0.1, -0.05) is 0 Å². The lowest BCUT2D eigenvalue weighted by atomic mass is 9.98. The summed E-state index contributed by atoms with van der Waals surface area (Å²) < 4.78 is 38.0. The van der Waals surface area contributed by atoms with E-state index in [1.807, 2.05) is 13.0 Å². The number of halogens is 3. The fourth-order valence-electron chi connectivity index (χ4n) is 3.20. The monoisotopic (exact) mass is 435 g/mol. The molecule has 8 nitrogen and oxygen atoms in total. The average Bonchev–Trinajstić information content (AvgIpc) is 2.67. The van der Waals surface area contributed by atoms with Gasteiger partial charge in [0.15, 0.2) is 0 Å². The van der Waals surface area contributed by atoms with Crippen molar-refractivity contribution in [1.29, 1.82) is 5.41 Å². The molecule has 0 spiro atoms. The molecule has 11 heteroatoms. The third-order valence-electron chi connectivity index (χ3n) is 5.07. The molecule has 166 valence electrons. The van der Waals surface area contributed by atoms with Crippen molar-refractivity contribution in [2.75, 3.05) is 30.3 Å². The molecule has 1 atom stereocenters. The SMILES string of the molecule is Cc1cc(Nc2cnc(NC(=O)NCC3CN(C(C)C(F)(F)F)C3)cc2C=N)ccn1. The van der Waals surface area contributed by atoms with Gasteiger partial charge in [0, 0.05) is 54.9 Å². The maximum atomic E-state index is 12.7. The summed E-state index contributed by atoms with van der Waals surface area (Å²) in [6.45, 7) is 3.84. The number of nitrogens with zero attached hydrogens (tertiary/aromatic N) is 3. The Morgan fingerprint density at radius 1 is 1.35 bits per heavy atom. The molecule has 3 rings (SSSR count). The van der Waals surface area contributed by atoms with Gasteiger partial charge in [-0.25, -0.2) is 9.78 Å². The molecule has 1 aliphatic rings. The normalized spacial score (nSPS) is 15.6. The lowest BCUT2D eigenvalue weighted by Crippen LogP contribution is -2.58. The Kier molecular flexibility index (Phi) is 6.74. The Morgan fingerprint density at radius 2 is 2.10 bits per heavy atom. The van der Waals surface area contributed by atoms with Crippen molar-refractivity contribution in [3.8, 4) is 0 Å². The van der Waals surface area contributed by atoms with Crippen molar-refractivity contribution >= 4 is 29.4 Å². The smallest absolute Gasteiger partial charge is 0.354 e. The predicted molar refractivity (Wildman–Crippen MR) is 112 cm³/mol. The van der Waals surface area contributed by atoms with Crippen molar-refractivity contribution in [3.63, 3.8) is 0 Å². The highest BCUT2D eigenvalue weighted by molar-refractivity contribution is 5.92. The summed E-state index contributed by atoms with van der Waals surface area (Å²) in [5, 5.41) is 16.0. The van der Waals surface area contributed by atoms with Crippen molar-refractivity contribution in [2.45, 2.75) is 26.1 Å². The van der Waals surface area contributed by atoms with E-state index in [9.17, 15) is 18.0 Å². The molecule has 1 fully saturated rings. The van der Waals surface area contributed by atoms with E-state index in [0.717, 1.165) is 24.5 Å². The van der Waals surface area contributed by atoms with Crippen molar-refractivity contribution < 1.29 is 18.0 Å². The van der Waals surface area contributed by atoms with E-state index in [1.54, 1.807) is 18.3 Å². The van der Waals surface area contributed by atoms with E-state index >= 15 is 0 Å². The van der Waals surface area contributed by atoms with Crippen LogP contribution >= 0.6 is 0 Å². The van der Waals surface area contributed by atoms with Gasteiger partial charge in [0.25, 0.3) is 0 Å². The van der Waals surface area contributed by atoms with Gasteiger partial charge >= 0.3 is 12.2 Å². The summed E-state index contributed by atoms with van der Waals surface area (Å²) in [6.07, 6.45) is 0.0752. The first-order valence-electron chi connectivity index (χ1n) is 9.71. The second kappa shape index (κ2) is 9.29. The summed E-state index contributed by atoms with van der Waals surface area (Å²) in [5.74, 6) is 0.226. The van der Waals surface area contributed by atoms with Gasteiger partial charge < -0.3 is 16.0 Å².